The van der Waals surface area contributed by atoms with Crippen LogP contribution in [0.3, 0.4) is 0 Å². The predicted molar refractivity (Wildman–Crippen MR) is 121 cm³/mol. The zero-order valence-corrected chi connectivity index (χ0v) is 19.5. The lowest BCUT2D eigenvalue weighted by Crippen LogP contribution is -2.23. The summed E-state index contributed by atoms with van der Waals surface area (Å²) in [5, 5.41) is 0. The molecule has 1 aromatic rings. The Bertz CT molecular complexity index is 607. The molecule has 0 fully saturated rings. The van der Waals surface area contributed by atoms with E-state index in [2.05, 4.69) is 87.6 Å². The number of nitrogens with zero attached hydrogens (tertiary/aromatic N) is 1. The molecule has 2 atom stereocenters. The monoisotopic (exact) mass is 373 g/mol. The first-order chi connectivity index (χ1) is 12.4. The number of ether oxygens (including phenoxy) is 1. The minimum absolute atomic E-state index is 0.0329. The third kappa shape index (κ3) is 7.68. The van der Waals surface area contributed by atoms with E-state index in [1.54, 1.807) is 0 Å². The molecule has 1 rings (SSSR count). The molecule has 0 saturated carbocycles. The first kappa shape index (κ1) is 23.7. The number of aliphatic imine (C=N–C) groups is 1. The highest BCUT2D eigenvalue weighted by atomic mass is 16.5. The van der Waals surface area contributed by atoms with Crippen LogP contribution in [0.2, 0.25) is 0 Å². The highest BCUT2D eigenvalue weighted by Gasteiger charge is 2.24. The van der Waals surface area contributed by atoms with Crippen LogP contribution in [0.5, 0.6) is 5.75 Å². The molecular weight excluding hydrogens is 330 g/mol. The molecule has 0 radical (unpaired) electrons. The largest absolute Gasteiger partial charge is 0.489 e. The summed E-state index contributed by atoms with van der Waals surface area (Å²) >= 11 is 0. The SMILES string of the molecule is Cc1ccc(C(C)(C)C)c(OC(C)C(C)C)c1C=NC(C)CCCC(C)C. The Balaban J connectivity index is 3.17. The lowest BCUT2D eigenvalue weighted by molar-refractivity contribution is 0.166. The summed E-state index contributed by atoms with van der Waals surface area (Å²) in [6.45, 7) is 22.3. The van der Waals surface area contributed by atoms with E-state index in [4.69, 9.17) is 9.73 Å². The fourth-order valence-corrected chi connectivity index (χ4v) is 3.00. The van der Waals surface area contributed by atoms with Crippen molar-refractivity contribution in [1.82, 2.24) is 0 Å². The number of hydrogen-bond acceptors (Lipinski definition) is 2. The van der Waals surface area contributed by atoms with Crippen LogP contribution in [0.25, 0.3) is 0 Å². The normalized spacial score (nSPS) is 15.0. The first-order valence-electron chi connectivity index (χ1n) is 10.8. The van der Waals surface area contributed by atoms with Gasteiger partial charge in [0.05, 0.1) is 6.10 Å². The highest BCUT2D eigenvalue weighted by Crippen LogP contribution is 2.36. The van der Waals surface area contributed by atoms with Crippen molar-refractivity contribution in [3.8, 4) is 5.75 Å². The van der Waals surface area contributed by atoms with Gasteiger partial charge in [-0.1, -0.05) is 73.4 Å². The topological polar surface area (TPSA) is 21.6 Å². The summed E-state index contributed by atoms with van der Waals surface area (Å²) in [5.74, 6) is 2.25. The van der Waals surface area contributed by atoms with E-state index >= 15 is 0 Å². The summed E-state index contributed by atoms with van der Waals surface area (Å²) in [6, 6.07) is 4.77. The fourth-order valence-electron chi connectivity index (χ4n) is 3.00. The van der Waals surface area contributed by atoms with Crippen molar-refractivity contribution in [2.45, 2.75) is 106 Å². The minimum atomic E-state index is 0.0329. The molecule has 2 unspecified atom stereocenters. The number of rotatable bonds is 9. The van der Waals surface area contributed by atoms with E-state index in [0.29, 0.717) is 12.0 Å². The van der Waals surface area contributed by atoms with Crippen molar-refractivity contribution < 1.29 is 4.74 Å². The summed E-state index contributed by atoms with van der Waals surface area (Å²) in [6.07, 6.45) is 5.89. The van der Waals surface area contributed by atoms with E-state index < -0.39 is 0 Å². The van der Waals surface area contributed by atoms with Crippen molar-refractivity contribution in [2.75, 3.05) is 0 Å². The lowest BCUT2D eigenvalue weighted by Gasteiger charge is -2.28. The summed E-state index contributed by atoms with van der Waals surface area (Å²) in [7, 11) is 0. The Morgan fingerprint density at radius 3 is 2.15 bits per heavy atom. The van der Waals surface area contributed by atoms with Gasteiger partial charge in [-0.05, 0) is 50.0 Å². The molecule has 0 saturated heterocycles. The third-order valence-electron chi connectivity index (χ3n) is 5.33. The van der Waals surface area contributed by atoms with E-state index in [-0.39, 0.29) is 11.5 Å². The molecule has 0 aliphatic rings. The second-order valence-electron chi connectivity index (χ2n) is 9.94. The fraction of sp³-hybridized carbons (Fsp3) is 0.720. The Labute approximate surface area is 168 Å². The number of benzene rings is 1. The third-order valence-corrected chi connectivity index (χ3v) is 5.33. The zero-order valence-electron chi connectivity index (χ0n) is 19.5. The van der Waals surface area contributed by atoms with Gasteiger partial charge in [0.1, 0.15) is 5.75 Å². The second-order valence-corrected chi connectivity index (χ2v) is 9.94. The van der Waals surface area contributed by atoms with Crippen LogP contribution in [0.4, 0.5) is 0 Å². The molecule has 27 heavy (non-hydrogen) atoms. The maximum Gasteiger partial charge on any atom is 0.132 e. The highest BCUT2D eigenvalue weighted by molar-refractivity contribution is 5.86. The van der Waals surface area contributed by atoms with Crippen LogP contribution >= 0.6 is 0 Å². The van der Waals surface area contributed by atoms with Crippen molar-refractivity contribution in [3.05, 3.63) is 28.8 Å². The first-order valence-corrected chi connectivity index (χ1v) is 10.8. The number of aryl methyl sites for hydroxylation is 1. The van der Waals surface area contributed by atoms with Gasteiger partial charge in [-0.3, -0.25) is 4.99 Å². The Kier molecular flexibility index (Phi) is 9.05. The molecule has 0 aliphatic heterocycles. The zero-order chi connectivity index (χ0) is 20.8. The average Bonchev–Trinajstić information content (AvgIpc) is 2.52. The molecule has 2 nitrogen and oxygen atoms in total. The number of hydrogen-bond donors (Lipinski definition) is 0. The predicted octanol–water partition coefficient (Wildman–Crippen LogP) is 7.35. The van der Waals surface area contributed by atoms with Gasteiger partial charge < -0.3 is 4.74 Å². The molecule has 0 amide bonds. The summed E-state index contributed by atoms with van der Waals surface area (Å²) < 4.78 is 6.50. The molecule has 0 aromatic heterocycles. The molecule has 154 valence electrons. The molecule has 2 heteroatoms. The van der Waals surface area contributed by atoms with Crippen molar-refractivity contribution in [2.24, 2.45) is 16.8 Å². The van der Waals surface area contributed by atoms with Gasteiger partial charge >= 0.3 is 0 Å². The summed E-state index contributed by atoms with van der Waals surface area (Å²) in [5.41, 5.74) is 3.66. The molecule has 0 aliphatic carbocycles. The minimum Gasteiger partial charge on any atom is -0.489 e. The van der Waals surface area contributed by atoms with E-state index in [0.717, 1.165) is 23.7 Å². The molecule has 0 bridgehead atoms. The van der Waals surface area contributed by atoms with Gasteiger partial charge in [0.2, 0.25) is 0 Å². The maximum atomic E-state index is 6.50. The molecule has 0 spiro atoms. The lowest BCUT2D eigenvalue weighted by atomic mass is 9.84. The van der Waals surface area contributed by atoms with Gasteiger partial charge in [0.15, 0.2) is 0 Å². The van der Waals surface area contributed by atoms with Crippen LogP contribution in [-0.4, -0.2) is 18.4 Å². The Hall–Kier alpha value is -1.31. The molecule has 0 N–H and O–H groups in total. The molecular formula is C25H43NO. The van der Waals surface area contributed by atoms with Gasteiger partial charge in [-0.15, -0.1) is 0 Å². The van der Waals surface area contributed by atoms with Crippen LogP contribution in [0, 0.1) is 18.8 Å². The van der Waals surface area contributed by atoms with Gasteiger partial charge in [0.25, 0.3) is 0 Å². The van der Waals surface area contributed by atoms with Crippen LogP contribution in [-0.2, 0) is 5.41 Å². The van der Waals surface area contributed by atoms with Crippen molar-refractivity contribution >= 4 is 6.21 Å². The van der Waals surface area contributed by atoms with E-state index in [1.807, 2.05) is 0 Å². The van der Waals surface area contributed by atoms with Crippen LogP contribution in [0.15, 0.2) is 17.1 Å². The Morgan fingerprint density at radius 1 is 1.00 bits per heavy atom. The summed E-state index contributed by atoms with van der Waals surface area (Å²) in [4.78, 5) is 4.88. The Morgan fingerprint density at radius 2 is 1.63 bits per heavy atom. The van der Waals surface area contributed by atoms with Crippen molar-refractivity contribution in [1.29, 1.82) is 0 Å². The molecule has 0 heterocycles. The van der Waals surface area contributed by atoms with Crippen molar-refractivity contribution in [3.63, 3.8) is 0 Å². The van der Waals surface area contributed by atoms with Crippen LogP contribution in [0.1, 0.15) is 98.3 Å². The standard InChI is InChI=1S/C25H43NO/c1-17(2)12-11-13-20(6)26-16-22-19(5)14-15-23(25(8,9)10)24(22)27-21(7)18(3)4/h14-18,20-21H,11-13H2,1-10H3. The molecule has 1 aromatic carbocycles. The maximum absolute atomic E-state index is 6.50. The van der Waals surface area contributed by atoms with E-state index in [1.165, 1.54) is 24.0 Å². The van der Waals surface area contributed by atoms with Gasteiger partial charge in [0, 0.05) is 23.4 Å². The van der Waals surface area contributed by atoms with Gasteiger partial charge in [-0.2, -0.15) is 0 Å². The smallest absolute Gasteiger partial charge is 0.132 e. The van der Waals surface area contributed by atoms with Crippen LogP contribution < -0.4 is 4.74 Å². The quantitative estimate of drug-likeness (QED) is 0.415. The van der Waals surface area contributed by atoms with E-state index in [9.17, 15) is 0 Å². The van der Waals surface area contributed by atoms with Gasteiger partial charge in [-0.25, -0.2) is 0 Å². The average molecular weight is 374 g/mol. The second kappa shape index (κ2) is 10.3.